The van der Waals surface area contributed by atoms with E-state index in [2.05, 4.69) is 15.9 Å². The maximum atomic E-state index is 12.3. The van der Waals surface area contributed by atoms with Crippen molar-refractivity contribution in [3.05, 3.63) is 22.2 Å². The molecule has 2 rings (SSSR count). The minimum absolute atomic E-state index is 0.122. The highest BCUT2D eigenvalue weighted by Crippen LogP contribution is 2.40. The predicted octanol–water partition coefficient (Wildman–Crippen LogP) is 1.97. The topological polar surface area (TPSA) is 76.1 Å². The van der Waals surface area contributed by atoms with E-state index in [1.54, 1.807) is 26.1 Å². The number of benzene rings is 1. The molecule has 0 saturated carbocycles. The van der Waals surface area contributed by atoms with Crippen LogP contribution in [0.15, 0.2) is 16.6 Å². The average molecular weight is 344 g/mol. The lowest BCUT2D eigenvalue weighted by Gasteiger charge is -2.19. The third kappa shape index (κ3) is 2.87. The molecule has 1 heterocycles. The van der Waals surface area contributed by atoms with E-state index in [4.69, 9.17) is 14.6 Å². The number of carbonyl (C=O) groups excluding carboxylic acids is 1. The summed E-state index contributed by atoms with van der Waals surface area (Å²) in [5, 5.41) is 8.87. The van der Waals surface area contributed by atoms with Crippen LogP contribution in [0.5, 0.6) is 11.5 Å². The summed E-state index contributed by atoms with van der Waals surface area (Å²) in [7, 11) is 1.57. The Morgan fingerprint density at radius 1 is 1.45 bits per heavy atom. The van der Waals surface area contributed by atoms with Gasteiger partial charge in [0, 0.05) is 19.2 Å². The standard InChI is InChI=1S/C13H14BrNO5/c1-7(13(17)18)5-15(2)12(16)8-3-9(14)11-10(4-8)19-6-20-11/h3-4,7H,5-6H2,1-2H3,(H,17,18). The van der Waals surface area contributed by atoms with E-state index >= 15 is 0 Å². The van der Waals surface area contributed by atoms with Gasteiger partial charge in [0.15, 0.2) is 11.5 Å². The summed E-state index contributed by atoms with van der Waals surface area (Å²) in [5.74, 6) is -0.750. The quantitative estimate of drug-likeness (QED) is 0.904. The van der Waals surface area contributed by atoms with Gasteiger partial charge in [-0.05, 0) is 28.1 Å². The molecule has 6 nitrogen and oxygen atoms in total. The van der Waals surface area contributed by atoms with Gasteiger partial charge in [-0.2, -0.15) is 0 Å². The zero-order valence-electron chi connectivity index (χ0n) is 11.1. The van der Waals surface area contributed by atoms with Crippen LogP contribution in [0.1, 0.15) is 17.3 Å². The lowest BCUT2D eigenvalue weighted by Crippen LogP contribution is -2.33. The zero-order chi connectivity index (χ0) is 14.9. The van der Waals surface area contributed by atoms with E-state index in [1.165, 1.54) is 4.90 Å². The van der Waals surface area contributed by atoms with Crippen LogP contribution in [0, 0.1) is 5.92 Å². The summed E-state index contributed by atoms with van der Waals surface area (Å²) in [5.41, 5.74) is 0.418. The minimum Gasteiger partial charge on any atom is -0.481 e. The van der Waals surface area contributed by atoms with Gasteiger partial charge in [-0.1, -0.05) is 6.92 Å². The van der Waals surface area contributed by atoms with Gasteiger partial charge in [0.05, 0.1) is 10.4 Å². The number of hydrogen-bond donors (Lipinski definition) is 1. The van der Waals surface area contributed by atoms with Gasteiger partial charge in [-0.25, -0.2) is 0 Å². The maximum absolute atomic E-state index is 12.3. The molecule has 0 aliphatic carbocycles. The van der Waals surface area contributed by atoms with Gasteiger partial charge in [-0.3, -0.25) is 9.59 Å². The molecule has 1 N–H and O–H groups in total. The van der Waals surface area contributed by atoms with Crippen LogP contribution in [0.2, 0.25) is 0 Å². The number of halogens is 1. The maximum Gasteiger partial charge on any atom is 0.308 e. The molecule has 0 radical (unpaired) electrons. The van der Waals surface area contributed by atoms with Gasteiger partial charge in [0.25, 0.3) is 5.91 Å². The highest BCUT2D eigenvalue weighted by molar-refractivity contribution is 9.10. The van der Waals surface area contributed by atoms with Crippen molar-refractivity contribution < 1.29 is 24.2 Å². The van der Waals surface area contributed by atoms with Crippen LogP contribution in [-0.4, -0.2) is 42.3 Å². The first-order chi connectivity index (χ1) is 9.40. The number of fused-ring (bicyclic) bond motifs is 1. The first kappa shape index (κ1) is 14.6. The summed E-state index contributed by atoms with van der Waals surface area (Å²) >= 11 is 3.32. The Bertz CT molecular complexity index is 560. The van der Waals surface area contributed by atoms with Crippen molar-refractivity contribution in [1.82, 2.24) is 4.90 Å². The fourth-order valence-electron chi connectivity index (χ4n) is 1.88. The summed E-state index contributed by atoms with van der Waals surface area (Å²) in [6, 6.07) is 3.23. The van der Waals surface area contributed by atoms with Crippen LogP contribution >= 0.6 is 15.9 Å². The third-order valence-corrected chi connectivity index (χ3v) is 3.58. The first-order valence-corrected chi connectivity index (χ1v) is 6.77. The highest BCUT2D eigenvalue weighted by Gasteiger charge is 2.23. The summed E-state index contributed by atoms with van der Waals surface area (Å²) in [6.07, 6.45) is 0. The highest BCUT2D eigenvalue weighted by atomic mass is 79.9. The van der Waals surface area contributed by atoms with E-state index in [-0.39, 0.29) is 19.2 Å². The van der Waals surface area contributed by atoms with Crippen molar-refractivity contribution in [2.75, 3.05) is 20.4 Å². The van der Waals surface area contributed by atoms with Crippen LogP contribution in [-0.2, 0) is 4.79 Å². The Morgan fingerprint density at radius 3 is 2.80 bits per heavy atom. The van der Waals surface area contributed by atoms with Crippen molar-refractivity contribution >= 4 is 27.8 Å². The molecule has 0 fully saturated rings. The van der Waals surface area contributed by atoms with Crippen molar-refractivity contribution in [2.45, 2.75) is 6.92 Å². The molecule has 1 aromatic rings. The van der Waals surface area contributed by atoms with Gasteiger partial charge in [0.1, 0.15) is 0 Å². The number of carboxylic acid groups (broad SMARTS) is 1. The minimum atomic E-state index is -0.934. The Balaban J connectivity index is 2.17. The number of nitrogens with zero attached hydrogens (tertiary/aromatic N) is 1. The van der Waals surface area contributed by atoms with Crippen LogP contribution < -0.4 is 9.47 Å². The average Bonchev–Trinajstić information content (AvgIpc) is 2.86. The van der Waals surface area contributed by atoms with Crippen LogP contribution in [0.3, 0.4) is 0 Å². The van der Waals surface area contributed by atoms with Crippen molar-refractivity contribution in [3.8, 4) is 11.5 Å². The lowest BCUT2D eigenvalue weighted by atomic mass is 10.1. The Kier molecular flexibility index (Phi) is 4.17. The molecular weight excluding hydrogens is 330 g/mol. The second-order valence-corrected chi connectivity index (χ2v) is 5.47. The number of carboxylic acids is 1. The Labute approximate surface area is 124 Å². The lowest BCUT2D eigenvalue weighted by molar-refractivity contribution is -0.141. The Hall–Kier alpha value is -1.76. The van der Waals surface area contributed by atoms with Gasteiger partial charge < -0.3 is 19.5 Å². The monoisotopic (exact) mass is 343 g/mol. The number of ether oxygens (including phenoxy) is 2. The largest absolute Gasteiger partial charge is 0.481 e. The number of aliphatic carboxylic acids is 1. The molecular formula is C13H14BrNO5. The molecule has 1 aromatic carbocycles. The van der Waals surface area contributed by atoms with Crippen LogP contribution in [0.4, 0.5) is 0 Å². The van der Waals surface area contributed by atoms with Crippen molar-refractivity contribution in [1.29, 1.82) is 0 Å². The van der Waals surface area contributed by atoms with E-state index in [9.17, 15) is 9.59 Å². The smallest absolute Gasteiger partial charge is 0.308 e. The second-order valence-electron chi connectivity index (χ2n) is 4.62. The van der Waals surface area contributed by atoms with E-state index in [0.717, 1.165) is 0 Å². The molecule has 20 heavy (non-hydrogen) atoms. The van der Waals surface area contributed by atoms with Gasteiger partial charge in [0.2, 0.25) is 6.79 Å². The molecule has 0 bridgehead atoms. The first-order valence-electron chi connectivity index (χ1n) is 5.97. The molecule has 1 aliphatic rings. The van der Waals surface area contributed by atoms with Crippen molar-refractivity contribution in [2.24, 2.45) is 5.92 Å². The molecule has 108 valence electrons. The third-order valence-electron chi connectivity index (χ3n) is 2.99. The predicted molar refractivity (Wildman–Crippen MR) is 74.0 cm³/mol. The number of rotatable bonds is 4. The molecule has 1 amide bonds. The normalized spacial score (nSPS) is 13.9. The molecule has 1 aliphatic heterocycles. The van der Waals surface area contributed by atoms with Gasteiger partial charge in [-0.15, -0.1) is 0 Å². The second kappa shape index (κ2) is 5.70. The fraction of sp³-hybridized carbons (Fsp3) is 0.385. The van der Waals surface area contributed by atoms with E-state index in [0.29, 0.717) is 21.5 Å². The Morgan fingerprint density at radius 2 is 2.15 bits per heavy atom. The summed E-state index contributed by atoms with van der Waals surface area (Å²) in [6.45, 7) is 1.82. The number of carbonyl (C=O) groups is 2. The molecule has 0 saturated heterocycles. The molecule has 0 spiro atoms. The van der Waals surface area contributed by atoms with E-state index < -0.39 is 11.9 Å². The zero-order valence-corrected chi connectivity index (χ0v) is 12.6. The fourth-order valence-corrected chi connectivity index (χ4v) is 2.44. The molecule has 1 unspecified atom stereocenters. The summed E-state index contributed by atoms with van der Waals surface area (Å²) in [4.78, 5) is 24.5. The molecule has 0 aromatic heterocycles. The summed E-state index contributed by atoms with van der Waals surface area (Å²) < 4.78 is 11.1. The SMILES string of the molecule is CC(CN(C)C(=O)c1cc(Br)c2c(c1)OCO2)C(=O)O. The van der Waals surface area contributed by atoms with Crippen molar-refractivity contribution in [3.63, 3.8) is 0 Å². The number of amides is 1. The molecule has 1 atom stereocenters. The van der Waals surface area contributed by atoms with Gasteiger partial charge >= 0.3 is 5.97 Å². The molecule has 7 heteroatoms. The van der Waals surface area contributed by atoms with E-state index in [1.807, 2.05) is 0 Å². The van der Waals surface area contributed by atoms with Crippen LogP contribution in [0.25, 0.3) is 0 Å². The number of hydrogen-bond acceptors (Lipinski definition) is 4.